The molecular formula is C27H27FN4O4. The Balaban J connectivity index is 1.52. The number of aliphatic carboxylic acids is 1. The van der Waals surface area contributed by atoms with Gasteiger partial charge in [-0.3, -0.25) is 14.7 Å². The van der Waals surface area contributed by atoms with Crippen LogP contribution in [0.2, 0.25) is 0 Å². The first-order chi connectivity index (χ1) is 17.2. The number of hydrogen-bond acceptors (Lipinski definition) is 5. The predicted octanol–water partition coefficient (Wildman–Crippen LogP) is 4.79. The van der Waals surface area contributed by atoms with Crippen LogP contribution in [0.15, 0.2) is 42.6 Å². The van der Waals surface area contributed by atoms with Gasteiger partial charge in [0.2, 0.25) is 11.8 Å². The van der Waals surface area contributed by atoms with Crippen LogP contribution in [0.5, 0.6) is 5.88 Å². The first-order valence-electron chi connectivity index (χ1n) is 12.0. The van der Waals surface area contributed by atoms with Gasteiger partial charge in [-0.1, -0.05) is 26.0 Å². The molecule has 36 heavy (non-hydrogen) atoms. The quantitative estimate of drug-likeness (QED) is 0.343. The second-order valence-corrected chi connectivity index (χ2v) is 9.67. The van der Waals surface area contributed by atoms with Gasteiger partial charge in [0.15, 0.2) is 0 Å². The number of pyridine rings is 1. The zero-order chi connectivity index (χ0) is 25.6. The zero-order valence-corrected chi connectivity index (χ0v) is 20.2. The van der Waals surface area contributed by atoms with E-state index in [9.17, 15) is 14.0 Å². The third kappa shape index (κ3) is 4.36. The van der Waals surface area contributed by atoms with E-state index in [0.29, 0.717) is 18.7 Å². The van der Waals surface area contributed by atoms with Crippen LogP contribution < -0.4 is 10.1 Å². The van der Waals surface area contributed by atoms with Crippen molar-refractivity contribution in [2.75, 3.05) is 0 Å². The molecule has 1 unspecified atom stereocenters. The van der Waals surface area contributed by atoms with Crippen molar-refractivity contribution in [1.82, 2.24) is 20.5 Å². The van der Waals surface area contributed by atoms with E-state index in [0.717, 1.165) is 38.5 Å². The molecule has 0 spiro atoms. The molecule has 8 nitrogen and oxygen atoms in total. The Hall–Kier alpha value is -4.01. The molecule has 9 heteroatoms. The number of carboxylic acids is 1. The van der Waals surface area contributed by atoms with Crippen molar-refractivity contribution in [2.24, 2.45) is 5.92 Å². The Morgan fingerprint density at radius 2 is 1.86 bits per heavy atom. The van der Waals surface area contributed by atoms with Crippen molar-refractivity contribution in [1.29, 1.82) is 0 Å². The number of aromatic nitrogens is 3. The molecule has 2 aromatic heterocycles. The number of carboxylic acid groups (broad SMARTS) is 1. The number of nitrogens with one attached hydrogen (secondary N) is 2. The number of ether oxygens (including phenoxy) is 1. The molecular weight excluding hydrogens is 463 g/mol. The minimum absolute atomic E-state index is 0.0641. The van der Waals surface area contributed by atoms with Gasteiger partial charge >= 0.3 is 5.97 Å². The normalized spacial score (nSPS) is 18.2. The minimum Gasteiger partial charge on any atom is -0.480 e. The highest BCUT2D eigenvalue weighted by atomic mass is 19.1. The van der Waals surface area contributed by atoms with Gasteiger partial charge in [0.25, 0.3) is 0 Å². The predicted molar refractivity (Wildman–Crippen MR) is 133 cm³/mol. The lowest BCUT2D eigenvalue weighted by Gasteiger charge is -2.34. The number of carbonyl (C=O) groups is 2. The highest BCUT2D eigenvalue weighted by Gasteiger charge is 2.37. The molecule has 0 aliphatic heterocycles. The first kappa shape index (κ1) is 23.7. The van der Waals surface area contributed by atoms with Gasteiger partial charge in [-0.05, 0) is 60.9 Å². The Bertz CT molecular complexity index is 1460. The van der Waals surface area contributed by atoms with Crippen LogP contribution in [0.25, 0.3) is 32.8 Å². The van der Waals surface area contributed by atoms with E-state index in [-0.39, 0.29) is 29.7 Å². The van der Waals surface area contributed by atoms with Crippen LogP contribution >= 0.6 is 0 Å². The van der Waals surface area contributed by atoms with Crippen LogP contribution in [0.4, 0.5) is 4.39 Å². The average Bonchev–Trinajstić information content (AvgIpc) is 3.27. The molecule has 0 radical (unpaired) electrons. The van der Waals surface area contributed by atoms with Crippen molar-refractivity contribution in [3.63, 3.8) is 0 Å². The third-order valence-corrected chi connectivity index (χ3v) is 6.71. The van der Waals surface area contributed by atoms with Crippen molar-refractivity contribution in [3.8, 4) is 17.0 Å². The smallest absolute Gasteiger partial charge is 0.325 e. The molecule has 1 aliphatic rings. The van der Waals surface area contributed by atoms with E-state index in [1.54, 1.807) is 18.3 Å². The molecule has 0 saturated heterocycles. The molecule has 3 N–H and O–H groups in total. The Labute approximate surface area is 206 Å². The molecule has 0 bridgehead atoms. The fraction of sp³-hybridized carbons (Fsp3) is 0.333. The number of nitrogens with zero attached hydrogens (tertiary/aromatic N) is 2. The molecule has 186 valence electrons. The molecule has 2 heterocycles. The van der Waals surface area contributed by atoms with E-state index in [2.05, 4.69) is 29.4 Å². The molecule has 1 aliphatic carbocycles. The number of fused-ring (bicyclic) bond motifs is 2. The lowest BCUT2D eigenvalue weighted by atomic mass is 9.81. The van der Waals surface area contributed by atoms with Crippen molar-refractivity contribution >= 4 is 33.6 Å². The molecule has 5 rings (SSSR count). The summed E-state index contributed by atoms with van der Waals surface area (Å²) in [5.74, 6) is -1.42. The summed E-state index contributed by atoms with van der Waals surface area (Å²) in [5, 5.41) is 21.3. The van der Waals surface area contributed by atoms with E-state index in [4.69, 9.17) is 14.8 Å². The number of benzene rings is 2. The molecule has 4 aromatic rings. The average molecular weight is 491 g/mol. The molecule has 1 amide bonds. The number of halogens is 1. The van der Waals surface area contributed by atoms with Crippen molar-refractivity contribution in [3.05, 3.63) is 54.1 Å². The highest BCUT2D eigenvalue weighted by Crippen LogP contribution is 2.42. The Morgan fingerprint density at radius 3 is 2.53 bits per heavy atom. The second kappa shape index (κ2) is 9.22. The number of rotatable bonds is 7. The summed E-state index contributed by atoms with van der Waals surface area (Å²) in [6, 6.07) is 9.45. The van der Waals surface area contributed by atoms with E-state index >= 15 is 0 Å². The maximum atomic E-state index is 13.7. The summed E-state index contributed by atoms with van der Waals surface area (Å²) in [6.07, 6.45) is 2.49. The van der Waals surface area contributed by atoms with Gasteiger partial charge in [0, 0.05) is 22.3 Å². The number of carbonyl (C=O) groups excluding carboxylic acids is 1. The zero-order valence-electron chi connectivity index (χ0n) is 20.2. The topological polar surface area (TPSA) is 117 Å². The minimum atomic E-state index is -1.07. The van der Waals surface area contributed by atoms with Gasteiger partial charge < -0.3 is 15.2 Å². The Kier molecular flexibility index (Phi) is 6.07. The summed E-state index contributed by atoms with van der Waals surface area (Å²) in [5.41, 5.74) is 3.45. The Morgan fingerprint density at radius 1 is 1.14 bits per heavy atom. The summed E-state index contributed by atoms with van der Waals surface area (Å²) in [4.78, 5) is 28.3. The lowest BCUT2D eigenvalue weighted by molar-refractivity contribution is -0.143. The number of hydrogen-bond donors (Lipinski definition) is 3. The van der Waals surface area contributed by atoms with Crippen LogP contribution in [0, 0.1) is 11.7 Å². The van der Waals surface area contributed by atoms with E-state index in [1.807, 2.05) is 12.1 Å². The van der Waals surface area contributed by atoms with Crippen molar-refractivity contribution < 1.29 is 23.8 Å². The fourth-order valence-electron chi connectivity index (χ4n) is 4.59. The number of amides is 1. The molecule has 1 fully saturated rings. The molecule has 2 aromatic carbocycles. The van der Waals surface area contributed by atoms with Crippen LogP contribution in [-0.4, -0.2) is 44.3 Å². The van der Waals surface area contributed by atoms with Crippen molar-refractivity contribution in [2.45, 2.75) is 51.7 Å². The monoisotopic (exact) mass is 490 g/mol. The van der Waals surface area contributed by atoms with Gasteiger partial charge in [0.1, 0.15) is 18.0 Å². The van der Waals surface area contributed by atoms with E-state index < -0.39 is 12.0 Å². The second-order valence-electron chi connectivity index (χ2n) is 9.67. The summed E-state index contributed by atoms with van der Waals surface area (Å²) in [7, 11) is 0. The first-order valence-corrected chi connectivity index (χ1v) is 12.0. The molecule has 1 atom stereocenters. The number of aromatic amines is 1. The van der Waals surface area contributed by atoms with Crippen LogP contribution in [0.3, 0.4) is 0 Å². The standard InChI is InChI=1S/C27H27FN4O4/c1-13(2)24-23(15-4-6-18(28)7-5-15)20-10-17-12-29-32-22(17)11-21(20)26(31-24)36-19-8-16(9-19)25(33)30-14(3)27(34)35/h4-7,10-14,16,19H,8-9H2,1-3H3,(H,29,32)(H,30,33)(H,34,35)/t14?,16-,19-. The van der Waals surface area contributed by atoms with Gasteiger partial charge in [-0.2, -0.15) is 5.10 Å². The summed E-state index contributed by atoms with van der Waals surface area (Å²) >= 11 is 0. The maximum absolute atomic E-state index is 13.7. The van der Waals surface area contributed by atoms with E-state index in [1.165, 1.54) is 19.1 Å². The lowest BCUT2D eigenvalue weighted by Crippen LogP contribution is -2.48. The molecule has 1 saturated carbocycles. The SMILES string of the molecule is CC(NC(=O)[C@H]1C[C@H](Oc2nc(C(C)C)c(-c3ccc(F)cc3)c3cc4cn[nH]c4cc23)C1)C(=O)O. The summed E-state index contributed by atoms with van der Waals surface area (Å²) in [6.45, 7) is 5.54. The fourth-order valence-corrected chi connectivity index (χ4v) is 4.59. The van der Waals surface area contributed by atoms with Gasteiger partial charge in [0.05, 0.1) is 17.4 Å². The van der Waals surface area contributed by atoms with Crippen LogP contribution in [-0.2, 0) is 9.59 Å². The highest BCUT2D eigenvalue weighted by molar-refractivity contribution is 6.06. The largest absolute Gasteiger partial charge is 0.480 e. The van der Waals surface area contributed by atoms with Crippen LogP contribution in [0.1, 0.15) is 45.2 Å². The maximum Gasteiger partial charge on any atom is 0.325 e. The number of H-pyrrole nitrogens is 1. The summed E-state index contributed by atoms with van der Waals surface area (Å²) < 4.78 is 20.0. The van der Waals surface area contributed by atoms with Gasteiger partial charge in [-0.25, -0.2) is 9.37 Å². The third-order valence-electron chi connectivity index (χ3n) is 6.71. The van der Waals surface area contributed by atoms with Gasteiger partial charge in [-0.15, -0.1) is 0 Å².